The van der Waals surface area contributed by atoms with Crippen LogP contribution in [0.4, 0.5) is 5.69 Å². The molecule has 2 aromatic rings. The molecule has 1 aliphatic carbocycles. The highest BCUT2D eigenvalue weighted by molar-refractivity contribution is 9.10. The maximum atomic E-state index is 13.6. The largest absolute Gasteiger partial charge is 0.497 e. The molecule has 0 bridgehead atoms. The van der Waals surface area contributed by atoms with E-state index in [1.54, 1.807) is 18.1 Å². The molecule has 1 aliphatic rings. The summed E-state index contributed by atoms with van der Waals surface area (Å²) in [6, 6.07) is 14.1. The Balaban J connectivity index is 2.05. The van der Waals surface area contributed by atoms with Gasteiger partial charge in [0, 0.05) is 16.9 Å². The third-order valence-corrected chi connectivity index (χ3v) is 6.26. The lowest BCUT2D eigenvalue weighted by molar-refractivity contribution is -0.127. The van der Waals surface area contributed by atoms with Crippen molar-refractivity contribution in [3.8, 4) is 5.75 Å². The first-order valence-corrected chi connectivity index (χ1v) is 11.5. The van der Waals surface area contributed by atoms with Crippen molar-refractivity contribution in [2.75, 3.05) is 12.0 Å². The Labute approximate surface area is 192 Å². The highest BCUT2D eigenvalue weighted by Gasteiger charge is 2.34. The van der Waals surface area contributed by atoms with Crippen molar-refractivity contribution in [2.24, 2.45) is 0 Å². The van der Waals surface area contributed by atoms with Crippen LogP contribution >= 0.6 is 15.9 Å². The third kappa shape index (κ3) is 5.76. The number of ether oxygens (including phenoxy) is 1. The van der Waals surface area contributed by atoms with E-state index < -0.39 is 6.04 Å². The fourth-order valence-electron chi connectivity index (χ4n) is 4.02. The Morgan fingerprint density at radius 1 is 1.16 bits per heavy atom. The zero-order valence-electron chi connectivity index (χ0n) is 17.9. The standard InChI is InChI=1S/C25H29BrN2O3/c1-3-9-23(29)28(22-13-8-7-12-21(22)26)24(18-14-16-20(31-2)17-15-18)25(30)27-19-10-5-4-6-11-19/h3,7-8,12-17,19,24H,1,4-6,9-11H2,2H3,(H,27,30). The van der Waals surface area contributed by atoms with Gasteiger partial charge in [0.15, 0.2) is 0 Å². The van der Waals surface area contributed by atoms with E-state index in [0.29, 0.717) is 11.4 Å². The second-order valence-corrected chi connectivity index (χ2v) is 8.58. The van der Waals surface area contributed by atoms with Crippen LogP contribution < -0.4 is 15.0 Å². The van der Waals surface area contributed by atoms with Gasteiger partial charge in [0.1, 0.15) is 11.8 Å². The molecule has 6 heteroatoms. The second kappa shape index (κ2) is 11.1. The van der Waals surface area contributed by atoms with Crippen LogP contribution in [0, 0.1) is 0 Å². The van der Waals surface area contributed by atoms with Gasteiger partial charge in [0.2, 0.25) is 11.8 Å². The van der Waals surface area contributed by atoms with E-state index in [4.69, 9.17) is 4.74 Å². The minimum atomic E-state index is -0.806. The maximum Gasteiger partial charge on any atom is 0.248 e. The molecule has 31 heavy (non-hydrogen) atoms. The number of carbonyl (C=O) groups is 2. The number of rotatable bonds is 8. The molecule has 1 atom stereocenters. The summed E-state index contributed by atoms with van der Waals surface area (Å²) in [5.74, 6) is 0.326. The van der Waals surface area contributed by atoms with Crippen LogP contribution in [0.1, 0.15) is 50.1 Å². The highest BCUT2D eigenvalue weighted by atomic mass is 79.9. The van der Waals surface area contributed by atoms with Gasteiger partial charge in [-0.25, -0.2) is 0 Å². The number of para-hydroxylation sites is 1. The van der Waals surface area contributed by atoms with Crippen LogP contribution in [0.3, 0.4) is 0 Å². The number of anilines is 1. The zero-order chi connectivity index (χ0) is 22.2. The Bertz CT molecular complexity index is 907. The van der Waals surface area contributed by atoms with Crippen molar-refractivity contribution in [3.63, 3.8) is 0 Å². The first kappa shape index (κ1) is 23.1. The Morgan fingerprint density at radius 2 is 1.84 bits per heavy atom. The minimum absolute atomic E-state index is 0.130. The molecule has 1 saturated carbocycles. The summed E-state index contributed by atoms with van der Waals surface area (Å²) < 4.78 is 6.03. The first-order chi connectivity index (χ1) is 15.0. The molecule has 2 aromatic carbocycles. The number of carbonyl (C=O) groups excluding carboxylic acids is 2. The molecule has 0 spiro atoms. The van der Waals surface area contributed by atoms with E-state index in [1.165, 1.54) is 6.42 Å². The predicted molar refractivity (Wildman–Crippen MR) is 127 cm³/mol. The first-order valence-electron chi connectivity index (χ1n) is 10.7. The molecular weight excluding hydrogens is 456 g/mol. The van der Waals surface area contributed by atoms with E-state index in [9.17, 15) is 9.59 Å². The SMILES string of the molecule is C=CCC(=O)N(c1ccccc1Br)C(C(=O)NC1CCCCC1)c1ccc(OC)cc1. The Morgan fingerprint density at radius 3 is 2.45 bits per heavy atom. The molecule has 1 unspecified atom stereocenters. The zero-order valence-corrected chi connectivity index (χ0v) is 19.4. The summed E-state index contributed by atoms with van der Waals surface area (Å²) in [5, 5.41) is 3.21. The molecule has 0 aromatic heterocycles. The van der Waals surface area contributed by atoms with Gasteiger partial charge >= 0.3 is 0 Å². The molecule has 0 aliphatic heterocycles. The van der Waals surface area contributed by atoms with Crippen molar-refractivity contribution in [2.45, 2.75) is 50.6 Å². The van der Waals surface area contributed by atoms with Crippen LogP contribution in [0.5, 0.6) is 5.75 Å². The quantitative estimate of drug-likeness (QED) is 0.499. The van der Waals surface area contributed by atoms with Crippen molar-refractivity contribution >= 4 is 33.4 Å². The topological polar surface area (TPSA) is 58.6 Å². The third-order valence-electron chi connectivity index (χ3n) is 5.59. The molecule has 3 rings (SSSR count). The van der Waals surface area contributed by atoms with Gasteiger partial charge in [-0.15, -0.1) is 6.58 Å². The molecule has 5 nitrogen and oxygen atoms in total. The molecular formula is C25H29BrN2O3. The fourth-order valence-corrected chi connectivity index (χ4v) is 4.49. The van der Waals surface area contributed by atoms with E-state index in [-0.39, 0.29) is 24.3 Å². The van der Waals surface area contributed by atoms with Crippen LogP contribution in [0.25, 0.3) is 0 Å². The molecule has 1 N–H and O–H groups in total. The normalized spacial score (nSPS) is 15.0. The number of halogens is 1. The molecule has 0 saturated heterocycles. The van der Waals surface area contributed by atoms with Gasteiger partial charge in [-0.05, 0) is 58.6 Å². The van der Waals surface area contributed by atoms with Crippen LogP contribution in [-0.2, 0) is 9.59 Å². The molecule has 1 fully saturated rings. The van der Waals surface area contributed by atoms with Crippen molar-refractivity contribution in [3.05, 3.63) is 71.2 Å². The molecule has 0 heterocycles. The summed E-state index contributed by atoms with van der Waals surface area (Å²) in [6.45, 7) is 3.72. The lowest BCUT2D eigenvalue weighted by Gasteiger charge is -2.34. The predicted octanol–water partition coefficient (Wildman–Crippen LogP) is 5.56. The van der Waals surface area contributed by atoms with E-state index in [2.05, 4.69) is 27.8 Å². The summed E-state index contributed by atoms with van der Waals surface area (Å²) in [4.78, 5) is 28.5. The lowest BCUT2D eigenvalue weighted by atomic mass is 9.94. The van der Waals surface area contributed by atoms with Gasteiger partial charge < -0.3 is 10.1 Å². The van der Waals surface area contributed by atoms with Crippen molar-refractivity contribution in [1.82, 2.24) is 5.32 Å². The summed E-state index contributed by atoms with van der Waals surface area (Å²) >= 11 is 3.56. The van der Waals surface area contributed by atoms with Crippen LogP contribution in [-0.4, -0.2) is 25.0 Å². The Hall–Kier alpha value is -2.60. The molecule has 0 radical (unpaired) electrons. The average molecular weight is 485 g/mol. The fraction of sp³-hybridized carbons (Fsp3) is 0.360. The van der Waals surface area contributed by atoms with Gasteiger partial charge in [-0.3, -0.25) is 14.5 Å². The summed E-state index contributed by atoms with van der Waals surface area (Å²) in [6.07, 6.45) is 7.06. The molecule has 164 valence electrons. The number of hydrogen-bond acceptors (Lipinski definition) is 3. The van der Waals surface area contributed by atoms with Crippen LogP contribution in [0.2, 0.25) is 0 Å². The highest BCUT2D eigenvalue weighted by Crippen LogP contribution is 2.35. The molecule has 2 amide bonds. The maximum absolute atomic E-state index is 13.6. The van der Waals surface area contributed by atoms with Crippen molar-refractivity contribution in [1.29, 1.82) is 0 Å². The van der Waals surface area contributed by atoms with E-state index >= 15 is 0 Å². The van der Waals surface area contributed by atoms with Gasteiger partial charge in [-0.1, -0.05) is 49.6 Å². The lowest BCUT2D eigenvalue weighted by Crippen LogP contribution is -2.47. The van der Waals surface area contributed by atoms with E-state index in [1.807, 2.05) is 48.5 Å². The number of methoxy groups -OCH3 is 1. The second-order valence-electron chi connectivity index (χ2n) is 7.73. The van der Waals surface area contributed by atoms with Gasteiger partial charge in [0.05, 0.1) is 12.8 Å². The monoisotopic (exact) mass is 484 g/mol. The average Bonchev–Trinajstić information content (AvgIpc) is 2.79. The summed E-state index contributed by atoms with van der Waals surface area (Å²) in [7, 11) is 1.60. The number of hydrogen-bond donors (Lipinski definition) is 1. The smallest absolute Gasteiger partial charge is 0.248 e. The number of amides is 2. The minimum Gasteiger partial charge on any atom is -0.497 e. The van der Waals surface area contributed by atoms with Crippen LogP contribution in [0.15, 0.2) is 65.7 Å². The van der Waals surface area contributed by atoms with Gasteiger partial charge in [0.25, 0.3) is 0 Å². The summed E-state index contributed by atoms with van der Waals surface area (Å²) in [5.41, 5.74) is 1.37. The number of nitrogens with zero attached hydrogens (tertiary/aromatic N) is 1. The number of benzene rings is 2. The van der Waals surface area contributed by atoms with Gasteiger partial charge in [-0.2, -0.15) is 0 Å². The van der Waals surface area contributed by atoms with E-state index in [0.717, 1.165) is 35.7 Å². The Kier molecular flexibility index (Phi) is 8.29. The number of nitrogens with one attached hydrogen (secondary N) is 1. The van der Waals surface area contributed by atoms with Crippen molar-refractivity contribution < 1.29 is 14.3 Å².